The molecule has 2 aromatic carbocycles. The fraction of sp³-hybridized carbons (Fsp3) is 0.238. The van der Waals surface area contributed by atoms with Gasteiger partial charge in [0, 0.05) is 13.1 Å². The van der Waals surface area contributed by atoms with Gasteiger partial charge in [-0.1, -0.05) is 48.0 Å². The van der Waals surface area contributed by atoms with E-state index in [0.717, 1.165) is 12.1 Å². The van der Waals surface area contributed by atoms with Crippen molar-refractivity contribution in [3.63, 3.8) is 0 Å². The Morgan fingerprint density at radius 3 is 2.32 bits per heavy atom. The lowest BCUT2D eigenvalue weighted by molar-refractivity contribution is 0.600. The monoisotopic (exact) mass is 396 g/mol. The molecule has 1 heterocycles. The summed E-state index contributed by atoms with van der Waals surface area (Å²) in [7, 11) is -3.71. The van der Waals surface area contributed by atoms with Crippen LogP contribution in [0.15, 0.2) is 65.6 Å². The second-order valence-electron chi connectivity index (χ2n) is 6.65. The molecule has 0 spiro atoms. The molecule has 0 aliphatic heterocycles. The van der Waals surface area contributed by atoms with Gasteiger partial charge in [0.05, 0.1) is 4.90 Å². The second-order valence-corrected chi connectivity index (χ2v) is 8.30. The third-order valence-corrected chi connectivity index (χ3v) is 5.95. The molecule has 0 saturated heterocycles. The van der Waals surface area contributed by atoms with E-state index in [1.165, 1.54) is 5.56 Å². The van der Waals surface area contributed by atoms with Crippen LogP contribution in [0.2, 0.25) is 0 Å². The summed E-state index contributed by atoms with van der Waals surface area (Å²) in [5, 5.41) is 8.27. The zero-order valence-electron chi connectivity index (χ0n) is 16.3. The van der Waals surface area contributed by atoms with Crippen LogP contribution in [0.25, 0.3) is 0 Å². The number of rotatable bonds is 7. The van der Waals surface area contributed by atoms with Gasteiger partial charge in [0.25, 0.3) is 10.0 Å². The van der Waals surface area contributed by atoms with Gasteiger partial charge in [-0.25, -0.2) is 8.42 Å². The van der Waals surface area contributed by atoms with Crippen LogP contribution in [0.3, 0.4) is 0 Å². The third kappa shape index (κ3) is 4.67. The van der Waals surface area contributed by atoms with Crippen molar-refractivity contribution in [3.8, 4) is 0 Å². The fourth-order valence-electron chi connectivity index (χ4n) is 3.00. The van der Waals surface area contributed by atoms with Crippen molar-refractivity contribution in [2.45, 2.75) is 32.2 Å². The Morgan fingerprint density at radius 2 is 1.71 bits per heavy atom. The topological polar surface area (TPSA) is 75.2 Å². The lowest BCUT2D eigenvalue weighted by atomic mass is 10.2. The predicted octanol–water partition coefficient (Wildman–Crippen LogP) is 3.92. The highest BCUT2D eigenvalue weighted by molar-refractivity contribution is 7.92. The van der Waals surface area contributed by atoms with E-state index < -0.39 is 10.0 Å². The molecule has 0 aliphatic carbocycles. The number of hydrogen-bond acceptors (Lipinski definition) is 5. The number of anilines is 2. The Labute approximate surface area is 166 Å². The maximum atomic E-state index is 12.7. The van der Waals surface area contributed by atoms with Crippen LogP contribution in [0.1, 0.15) is 23.6 Å². The van der Waals surface area contributed by atoms with Crippen LogP contribution in [0, 0.1) is 13.8 Å². The molecular formula is C21H24N4O2S. The predicted molar refractivity (Wildman–Crippen MR) is 112 cm³/mol. The summed E-state index contributed by atoms with van der Waals surface area (Å²) in [6, 6.07) is 18.7. The zero-order valence-corrected chi connectivity index (χ0v) is 17.1. The molecule has 3 rings (SSSR count). The van der Waals surface area contributed by atoms with E-state index in [4.69, 9.17) is 0 Å². The summed E-state index contributed by atoms with van der Waals surface area (Å²) in [4.78, 5) is 2.31. The van der Waals surface area contributed by atoms with Gasteiger partial charge in [-0.05, 0) is 50.1 Å². The first-order valence-corrected chi connectivity index (χ1v) is 10.6. The van der Waals surface area contributed by atoms with Crippen molar-refractivity contribution in [2.75, 3.05) is 16.2 Å². The summed E-state index contributed by atoms with van der Waals surface area (Å²) in [5.41, 5.74) is 2.88. The van der Waals surface area contributed by atoms with Gasteiger partial charge < -0.3 is 4.90 Å². The molecule has 0 radical (unpaired) electrons. The van der Waals surface area contributed by atoms with Crippen molar-refractivity contribution in [2.24, 2.45) is 0 Å². The van der Waals surface area contributed by atoms with Crippen molar-refractivity contribution in [3.05, 3.63) is 77.4 Å². The zero-order chi connectivity index (χ0) is 20.1. The molecule has 146 valence electrons. The minimum Gasteiger partial charge on any atom is -0.351 e. The molecule has 1 N–H and O–H groups in total. The van der Waals surface area contributed by atoms with Crippen LogP contribution < -0.4 is 9.62 Å². The Bertz CT molecular complexity index is 1040. The Morgan fingerprint density at radius 1 is 0.964 bits per heavy atom. The van der Waals surface area contributed by atoms with E-state index in [-0.39, 0.29) is 10.7 Å². The average Bonchev–Trinajstić information content (AvgIpc) is 2.67. The van der Waals surface area contributed by atoms with Crippen LogP contribution in [0.4, 0.5) is 11.6 Å². The summed E-state index contributed by atoms with van der Waals surface area (Å²) < 4.78 is 27.8. The average molecular weight is 397 g/mol. The number of benzene rings is 2. The molecule has 0 atom stereocenters. The van der Waals surface area contributed by atoms with Crippen LogP contribution in [-0.4, -0.2) is 25.2 Å². The number of nitrogens with one attached hydrogen (secondary N) is 1. The second kappa shape index (κ2) is 8.39. The van der Waals surface area contributed by atoms with Gasteiger partial charge in [-0.15, -0.1) is 10.2 Å². The molecular weight excluding hydrogens is 372 g/mol. The molecule has 0 bridgehead atoms. The molecule has 1 aromatic heterocycles. The van der Waals surface area contributed by atoms with Crippen molar-refractivity contribution in [1.29, 1.82) is 0 Å². The molecule has 0 aliphatic rings. The van der Waals surface area contributed by atoms with E-state index >= 15 is 0 Å². The number of hydrogen-bond donors (Lipinski definition) is 1. The Balaban J connectivity index is 1.76. The number of sulfonamides is 1. The summed E-state index contributed by atoms with van der Waals surface area (Å²) in [6.07, 6.45) is 0. The Kier molecular flexibility index (Phi) is 5.94. The van der Waals surface area contributed by atoms with Crippen LogP contribution >= 0.6 is 0 Å². The lowest BCUT2D eigenvalue weighted by Gasteiger charge is -2.21. The standard InChI is InChI=1S/C21H24N4O2S/c1-4-25(15-18-8-6-5-7-9-18)21-13-12-20(22-23-21)24-28(26,27)19-11-10-16(2)14-17(19)3/h5-14H,4,15H2,1-3H3,(H,22,24). The normalized spacial score (nSPS) is 11.2. The largest absolute Gasteiger partial charge is 0.351 e. The third-order valence-electron chi connectivity index (χ3n) is 4.43. The number of nitrogens with zero attached hydrogens (tertiary/aromatic N) is 3. The molecule has 28 heavy (non-hydrogen) atoms. The van der Waals surface area contributed by atoms with Gasteiger partial charge in [0.1, 0.15) is 0 Å². The molecule has 6 nitrogen and oxygen atoms in total. The highest BCUT2D eigenvalue weighted by Gasteiger charge is 2.18. The smallest absolute Gasteiger partial charge is 0.263 e. The molecule has 7 heteroatoms. The first kappa shape index (κ1) is 19.8. The van der Waals surface area contributed by atoms with E-state index in [9.17, 15) is 8.42 Å². The molecule has 0 amide bonds. The number of aryl methyl sites for hydroxylation is 2. The van der Waals surface area contributed by atoms with Crippen molar-refractivity contribution < 1.29 is 8.42 Å². The molecule has 0 saturated carbocycles. The minimum absolute atomic E-state index is 0.194. The van der Waals surface area contributed by atoms with Gasteiger partial charge in [0.15, 0.2) is 11.6 Å². The number of aromatic nitrogens is 2. The highest BCUT2D eigenvalue weighted by Crippen LogP contribution is 2.20. The van der Waals surface area contributed by atoms with Crippen molar-refractivity contribution >= 4 is 21.7 Å². The van der Waals surface area contributed by atoms with Crippen LogP contribution in [-0.2, 0) is 16.6 Å². The van der Waals surface area contributed by atoms with Gasteiger partial charge >= 0.3 is 0 Å². The molecule has 0 unspecified atom stereocenters. The van der Waals surface area contributed by atoms with Gasteiger partial charge in [0.2, 0.25) is 0 Å². The first-order chi connectivity index (χ1) is 13.4. The fourth-order valence-corrected chi connectivity index (χ4v) is 4.22. The van der Waals surface area contributed by atoms with E-state index in [1.807, 2.05) is 38.1 Å². The van der Waals surface area contributed by atoms with E-state index in [2.05, 4.69) is 32.0 Å². The van der Waals surface area contributed by atoms with Gasteiger partial charge in [-0.3, -0.25) is 4.72 Å². The summed E-state index contributed by atoms with van der Waals surface area (Å²) in [6.45, 7) is 7.22. The first-order valence-electron chi connectivity index (χ1n) is 9.11. The lowest BCUT2D eigenvalue weighted by Crippen LogP contribution is -2.23. The minimum atomic E-state index is -3.71. The van der Waals surface area contributed by atoms with Crippen molar-refractivity contribution in [1.82, 2.24) is 10.2 Å². The highest BCUT2D eigenvalue weighted by atomic mass is 32.2. The summed E-state index contributed by atoms with van der Waals surface area (Å²) >= 11 is 0. The van der Waals surface area contributed by atoms with E-state index in [0.29, 0.717) is 17.9 Å². The summed E-state index contributed by atoms with van der Waals surface area (Å²) in [5.74, 6) is 0.889. The maximum Gasteiger partial charge on any atom is 0.263 e. The molecule has 3 aromatic rings. The van der Waals surface area contributed by atoms with Gasteiger partial charge in [-0.2, -0.15) is 0 Å². The van der Waals surface area contributed by atoms with E-state index in [1.54, 1.807) is 31.2 Å². The quantitative estimate of drug-likeness (QED) is 0.655. The maximum absolute atomic E-state index is 12.7. The van der Waals surface area contributed by atoms with Crippen LogP contribution in [0.5, 0.6) is 0 Å². The Hall–Kier alpha value is -2.93. The SMILES string of the molecule is CCN(Cc1ccccc1)c1ccc(NS(=O)(=O)c2ccc(C)cc2C)nn1. The molecule has 0 fully saturated rings.